The summed E-state index contributed by atoms with van der Waals surface area (Å²) in [4.78, 5) is 12.0. The molecule has 2 N–H and O–H groups in total. The fraction of sp³-hybridized carbons (Fsp3) is 0.276. The molecule has 0 aliphatic heterocycles. The van der Waals surface area contributed by atoms with Crippen LogP contribution in [-0.4, -0.2) is 17.1 Å². The normalized spacial score (nSPS) is 11.3. The van der Waals surface area contributed by atoms with Crippen molar-refractivity contribution in [1.82, 2.24) is 4.57 Å². The van der Waals surface area contributed by atoms with E-state index >= 15 is 4.39 Å². The number of hydrogen-bond donors (Lipinski definition) is 1. The molecule has 0 saturated heterocycles. The maximum absolute atomic E-state index is 15.3. The van der Waals surface area contributed by atoms with E-state index in [0.29, 0.717) is 23.5 Å². The topological polar surface area (TPSA) is 66.5 Å². The number of nitrogens with zero attached hydrogens (tertiary/aromatic N) is 1. The molecule has 35 heavy (non-hydrogen) atoms. The van der Waals surface area contributed by atoms with Crippen molar-refractivity contribution in [2.45, 2.75) is 46.4 Å². The van der Waals surface area contributed by atoms with E-state index in [2.05, 4.69) is 24.5 Å². The molecule has 3 aromatic carbocycles. The molecule has 0 saturated carbocycles. The van der Waals surface area contributed by atoms with Gasteiger partial charge in [-0.1, -0.05) is 36.4 Å². The molecule has 6 heteroatoms. The second kappa shape index (κ2) is 10.7. The third-order valence-corrected chi connectivity index (χ3v) is 6.05. The van der Waals surface area contributed by atoms with Gasteiger partial charge in [0.25, 0.3) is 0 Å². The minimum absolute atomic E-state index is 0.135. The van der Waals surface area contributed by atoms with E-state index in [4.69, 9.17) is 15.2 Å². The van der Waals surface area contributed by atoms with Crippen LogP contribution in [0.25, 0.3) is 22.0 Å². The molecule has 4 rings (SSSR count). The number of fused-ring (bicyclic) bond motifs is 1. The summed E-state index contributed by atoms with van der Waals surface area (Å²) in [6, 6.07) is 19.1. The van der Waals surface area contributed by atoms with Crippen LogP contribution in [0.4, 0.5) is 4.39 Å². The summed E-state index contributed by atoms with van der Waals surface area (Å²) >= 11 is 0. The number of esters is 1. The molecule has 182 valence electrons. The van der Waals surface area contributed by atoms with E-state index < -0.39 is 0 Å². The van der Waals surface area contributed by atoms with Crippen molar-refractivity contribution in [2.24, 2.45) is 5.73 Å². The van der Waals surface area contributed by atoms with Gasteiger partial charge in [-0.2, -0.15) is 0 Å². The molecule has 0 unspecified atom stereocenters. The molecule has 0 spiro atoms. The Kier molecular flexibility index (Phi) is 7.51. The largest absolute Gasteiger partial charge is 0.489 e. The third kappa shape index (κ3) is 5.23. The Balaban J connectivity index is 1.73. The summed E-state index contributed by atoms with van der Waals surface area (Å²) in [7, 11) is 0. The van der Waals surface area contributed by atoms with Crippen LogP contribution >= 0.6 is 0 Å². The molecular formula is C29H31FN2O3. The molecule has 0 amide bonds. The average molecular weight is 475 g/mol. The van der Waals surface area contributed by atoms with Gasteiger partial charge in [-0.15, -0.1) is 0 Å². The van der Waals surface area contributed by atoms with Gasteiger partial charge in [0.2, 0.25) is 0 Å². The quantitative estimate of drug-likeness (QED) is 0.295. The van der Waals surface area contributed by atoms with Crippen molar-refractivity contribution in [2.75, 3.05) is 6.61 Å². The van der Waals surface area contributed by atoms with Gasteiger partial charge in [-0.05, 0) is 56.2 Å². The van der Waals surface area contributed by atoms with Gasteiger partial charge in [0, 0.05) is 46.4 Å². The van der Waals surface area contributed by atoms with E-state index in [1.807, 2.05) is 48.7 Å². The molecule has 0 bridgehead atoms. The van der Waals surface area contributed by atoms with Crippen molar-refractivity contribution >= 4 is 16.9 Å². The number of nitrogens with two attached hydrogens (primary N) is 1. The van der Waals surface area contributed by atoms with Crippen LogP contribution < -0.4 is 10.5 Å². The highest BCUT2D eigenvalue weighted by atomic mass is 19.1. The van der Waals surface area contributed by atoms with Crippen LogP contribution in [0.2, 0.25) is 0 Å². The molecule has 0 aliphatic carbocycles. The lowest BCUT2D eigenvalue weighted by Crippen LogP contribution is -2.09. The molecule has 0 aliphatic rings. The Bertz CT molecular complexity index is 1340. The lowest BCUT2D eigenvalue weighted by molar-refractivity contribution is -0.142. The van der Waals surface area contributed by atoms with Gasteiger partial charge in [-0.25, -0.2) is 4.39 Å². The molecule has 1 aromatic heterocycles. The minimum atomic E-state index is -0.300. The Morgan fingerprint density at radius 1 is 1.03 bits per heavy atom. The lowest BCUT2D eigenvalue weighted by atomic mass is 9.96. The van der Waals surface area contributed by atoms with E-state index in [9.17, 15) is 4.79 Å². The summed E-state index contributed by atoms with van der Waals surface area (Å²) in [5.74, 6) is 0.0291. The SMILES string of the molecule is CCOC(=O)Cc1ccccc1OCc1cc(-c2cccc(CN)c2F)c2ccn(C(C)C)c2c1. The van der Waals surface area contributed by atoms with Crippen molar-refractivity contribution in [3.63, 3.8) is 0 Å². The number of para-hydroxylation sites is 1. The zero-order valence-electron chi connectivity index (χ0n) is 20.4. The number of ether oxygens (including phenoxy) is 2. The van der Waals surface area contributed by atoms with Crippen molar-refractivity contribution in [1.29, 1.82) is 0 Å². The van der Waals surface area contributed by atoms with Crippen LogP contribution in [0.15, 0.2) is 66.9 Å². The van der Waals surface area contributed by atoms with Crippen LogP contribution in [-0.2, 0) is 29.1 Å². The van der Waals surface area contributed by atoms with Crippen LogP contribution in [0.1, 0.15) is 43.5 Å². The van der Waals surface area contributed by atoms with Gasteiger partial charge >= 0.3 is 5.97 Å². The smallest absolute Gasteiger partial charge is 0.310 e. The standard InChI is InChI=1S/C29H31FN2O3/c1-4-34-28(33)16-21-8-5-6-11-27(21)35-18-20-14-25(24-10-7-9-22(17-31)29(24)30)23-12-13-32(19(2)3)26(23)15-20/h5-15,19H,4,16-18,31H2,1-3H3. The predicted octanol–water partition coefficient (Wildman–Crippen LogP) is 6.17. The molecule has 0 atom stereocenters. The summed E-state index contributed by atoms with van der Waals surface area (Å²) in [5, 5.41) is 0.971. The third-order valence-electron chi connectivity index (χ3n) is 6.05. The van der Waals surface area contributed by atoms with Crippen molar-refractivity contribution in [3.05, 3.63) is 89.4 Å². The first-order chi connectivity index (χ1) is 16.9. The number of carbonyl (C=O) groups excluding carboxylic acids is 1. The van der Waals surface area contributed by atoms with E-state index in [1.54, 1.807) is 19.1 Å². The Morgan fingerprint density at radius 3 is 2.54 bits per heavy atom. The van der Waals surface area contributed by atoms with E-state index in [1.165, 1.54) is 0 Å². The first-order valence-electron chi connectivity index (χ1n) is 11.9. The van der Waals surface area contributed by atoms with Gasteiger partial charge in [0.05, 0.1) is 13.0 Å². The fourth-order valence-electron chi connectivity index (χ4n) is 4.34. The van der Waals surface area contributed by atoms with Gasteiger partial charge in [0.15, 0.2) is 0 Å². The monoisotopic (exact) mass is 474 g/mol. The van der Waals surface area contributed by atoms with Gasteiger partial charge < -0.3 is 19.8 Å². The maximum atomic E-state index is 15.3. The number of carbonyl (C=O) groups is 1. The molecule has 0 radical (unpaired) electrons. The maximum Gasteiger partial charge on any atom is 0.310 e. The van der Waals surface area contributed by atoms with Crippen LogP contribution in [0, 0.1) is 5.82 Å². The number of halogens is 1. The van der Waals surface area contributed by atoms with E-state index in [0.717, 1.165) is 27.6 Å². The number of benzene rings is 3. The Labute approximate surface area is 205 Å². The van der Waals surface area contributed by atoms with Crippen molar-refractivity contribution in [3.8, 4) is 16.9 Å². The zero-order valence-corrected chi connectivity index (χ0v) is 20.4. The Morgan fingerprint density at radius 2 is 1.80 bits per heavy atom. The first-order valence-corrected chi connectivity index (χ1v) is 11.9. The zero-order chi connectivity index (χ0) is 24.9. The van der Waals surface area contributed by atoms with Crippen LogP contribution in [0.5, 0.6) is 5.75 Å². The van der Waals surface area contributed by atoms with Crippen molar-refractivity contribution < 1.29 is 18.7 Å². The number of rotatable bonds is 9. The minimum Gasteiger partial charge on any atom is -0.489 e. The van der Waals surface area contributed by atoms with Gasteiger partial charge in [-0.3, -0.25) is 4.79 Å². The van der Waals surface area contributed by atoms with E-state index in [-0.39, 0.29) is 37.4 Å². The summed E-state index contributed by atoms with van der Waals surface area (Å²) in [5.41, 5.74) is 10.2. The number of aromatic nitrogens is 1. The predicted molar refractivity (Wildman–Crippen MR) is 137 cm³/mol. The average Bonchev–Trinajstić information content (AvgIpc) is 3.28. The lowest BCUT2D eigenvalue weighted by Gasteiger charge is -2.16. The van der Waals surface area contributed by atoms with Gasteiger partial charge in [0.1, 0.15) is 18.2 Å². The highest BCUT2D eigenvalue weighted by Gasteiger charge is 2.17. The molecule has 5 nitrogen and oxygen atoms in total. The molecule has 0 fully saturated rings. The van der Waals surface area contributed by atoms with Crippen LogP contribution in [0.3, 0.4) is 0 Å². The molecule has 4 aromatic rings. The summed E-state index contributed by atoms with van der Waals surface area (Å²) in [6.45, 7) is 6.75. The summed E-state index contributed by atoms with van der Waals surface area (Å²) < 4.78 is 28.7. The highest BCUT2D eigenvalue weighted by Crippen LogP contribution is 2.35. The Hall–Kier alpha value is -3.64. The fourth-order valence-corrected chi connectivity index (χ4v) is 4.34. The second-order valence-electron chi connectivity index (χ2n) is 8.75. The molecule has 1 heterocycles. The first kappa shape index (κ1) is 24.5. The summed E-state index contributed by atoms with van der Waals surface area (Å²) in [6.07, 6.45) is 2.17. The highest BCUT2D eigenvalue weighted by molar-refractivity contribution is 5.96. The number of hydrogen-bond acceptors (Lipinski definition) is 4. The molecular weight excluding hydrogens is 443 g/mol. The second-order valence-corrected chi connectivity index (χ2v) is 8.75.